The Morgan fingerprint density at radius 3 is 2.42 bits per heavy atom. The minimum Gasteiger partial charge on any atom is -0.492 e. The van der Waals surface area contributed by atoms with Crippen LogP contribution in [0.3, 0.4) is 0 Å². The first-order chi connectivity index (χ1) is 11.2. The van der Waals surface area contributed by atoms with Crippen molar-refractivity contribution in [2.75, 3.05) is 11.9 Å². The Hall–Kier alpha value is -1.92. The maximum atomic E-state index is 12.7. The molecule has 0 aromatic heterocycles. The van der Waals surface area contributed by atoms with Crippen LogP contribution in [-0.4, -0.2) is 12.5 Å². The van der Waals surface area contributed by atoms with Crippen LogP contribution in [0.5, 0.6) is 5.75 Å². The van der Waals surface area contributed by atoms with Crippen LogP contribution in [0.4, 0.5) is 18.9 Å². The molecule has 0 atom stereocenters. The summed E-state index contributed by atoms with van der Waals surface area (Å²) in [6.07, 6.45) is -4.54. The third kappa shape index (κ3) is 4.33. The molecule has 1 N–H and O–H groups in total. The summed E-state index contributed by atoms with van der Waals surface area (Å²) in [5.41, 5.74) is -0.884. The van der Waals surface area contributed by atoms with E-state index in [0.717, 1.165) is 18.2 Å². The molecule has 128 valence electrons. The Bertz CT molecular complexity index is 763. The molecule has 2 aromatic carbocycles. The van der Waals surface area contributed by atoms with Gasteiger partial charge in [0.25, 0.3) is 5.91 Å². The normalized spacial score (nSPS) is 11.2. The smallest absolute Gasteiger partial charge is 0.416 e. The number of rotatable bonds is 4. The van der Waals surface area contributed by atoms with Gasteiger partial charge in [-0.25, -0.2) is 0 Å². The molecule has 2 aromatic rings. The van der Waals surface area contributed by atoms with Gasteiger partial charge in [0.05, 0.1) is 27.9 Å². The lowest BCUT2D eigenvalue weighted by Gasteiger charge is -2.12. The van der Waals surface area contributed by atoms with E-state index in [0.29, 0.717) is 12.4 Å². The number of hydrogen-bond acceptors (Lipinski definition) is 2. The zero-order valence-corrected chi connectivity index (χ0v) is 13.9. The maximum absolute atomic E-state index is 12.7. The predicted molar refractivity (Wildman–Crippen MR) is 87.0 cm³/mol. The standard InChI is InChI=1S/C16H12Cl2F3NO2/c1-2-24-14-6-3-9(7-12(14)18)15(23)22-13-8-10(16(19,20)21)4-5-11(13)17/h3-8H,2H2,1H3,(H,22,23). The minimum atomic E-state index is -4.54. The molecule has 0 radical (unpaired) electrons. The second kappa shape index (κ2) is 7.32. The number of benzene rings is 2. The van der Waals surface area contributed by atoms with Crippen LogP contribution >= 0.6 is 23.2 Å². The molecule has 8 heteroatoms. The van der Waals surface area contributed by atoms with Gasteiger partial charge in [0.2, 0.25) is 0 Å². The van der Waals surface area contributed by atoms with Crippen molar-refractivity contribution in [2.45, 2.75) is 13.1 Å². The third-order valence-electron chi connectivity index (χ3n) is 3.04. The van der Waals surface area contributed by atoms with Crippen molar-refractivity contribution in [3.05, 3.63) is 57.6 Å². The number of halogens is 5. The maximum Gasteiger partial charge on any atom is 0.416 e. The van der Waals surface area contributed by atoms with E-state index < -0.39 is 17.6 Å². The molecule has 0 aliphatic rings. The summed E-state index contributed by atoms with van der Waals surface area (Å²) in [6, 6.07) is 7.01. The summed E-state index contributed by atoms with van der Waals surface area (Å²) in [4.78, 5) is 12.2. The van der Waals surface area contributed by atoms with E-state index in [-0.39, 0.29) is 21.3 Å². The lowest BCUT2D eigenvalue weighted by molar-refractivity contribution is -0.137. The van der Waals surface area contributed by atoms with Gasteiger partial charge in [0.15, 0.2) is 0 Å². The van der Waals surface area contributed by atoms with Crippen molar-refractivity contribution < 1.29 is 22.7 Å². The zero-order chi connectivity index (χ0) is 17.9. The van der Waals surface area contributed by atoms with Gasteiger partial charge in [0.1, 0.15) is 5.75 Å². The second-order valence-corrected chi connectivity index (χ2v) is 5.54. The molecule has 0 aliphatic heterocycles. The first-order valence-corrected chi connectivity index (χ1v) is 7.58. The van der Waals surface area contributed by atoms with E-state index in [1.165, 1.54) is 18.2 Å². The number of alkyl halides is 3. The molecule has 0 bridgehead atoms. The topological polar surface area (TPSA) is 38.3 Å². The third-order valence-corrected chi connectivity index (χ3v) is 3.66. The van der Waals surface area contributed by atoms with Gasteiger partial charge >= 0.3 is 6.18 Å². The van der Waals surface area contributed by atoms with E-state index in [2.05, 4.69) is 5.32 Å². The van der Waals surface area contributed by atoms with Crippen molar-refractivity contribution in [1.82, 2.24) is 0 Å². The molecule has 1 amide bonds. The Morgan fingerprint density at radius 1 is 1.12 bits per heavy atom. The van der Waals surface area contributed by atoms with Crippen molar-refractivity contribution in [3.8, 4) is 5.75 Å². The number of amides is 1. The number of anilines is 1. The number of carbonyl (C=O) groups excluding carboxylic acids is 1. The van der Waals surface area contributed by atoms with Gasteiger partial charge in [-0.1, -0.05) is 23.2 Å². The monoisotopic (exact) mass is 377 g/mol. The highest BCUT2D eigenvalue weighted by Gasteiger charge is 2.31. The molecule has 0 fully saturated rings. The average molecular weight is 378 g/mol. The van der Waals surface area contributed by atoms with E-state index in [9.17, 15) is 18.0 Å². The Kier molecular flexibility index (Phi) is 5.62. The Morgan fingerprint density at radius 2 is 1.83 bits per heavy atom. The van der Waals surface area contributed by atoms with Gasteiger partial charge in [-0.05, 0) is 43.3 Å². The highest BCUT2D eigenvalue weighted by molar-refractivity contribution is 6.34. The van der Waals surface area contributed by atoms with Crippen molar-refractivity contribution in [3.63, 3.8) is 0 Å². The van der Waals surface area contributed by atoms with Crippen LogP contribution < -0.4 is 10.1 Å². The van der Waals surface area contributed by atoms with Crippen LogP contribution in [-0.2, 0) is 6.18 Å². The fraction of sp³-hybridized carbons (Fsp3) is 0.188. The van der Waals surface area contributed by atoms with Gasteiger partial charge in [-0.3, -0.25) is 4.79 Å². The molecule has 0 saturated carbocycles. The summed E-state index contributed by atoms with van der Waals surface area (Å²) in [7, 11) is 0. The molecule has 0 unspecified atom stereocenters. The van der Waals surface area contributed by atoms with Gasteiger partial charge < -0.3 is 10.1 Å². The fourth-order valence-corrected chi connectivity index (χ4v) is 2.31. The van der Waals surface area contributed by atoms with Crippen LogP contribution in [0, 0.1) is 0 Å². The largest absolute Gasteiger partial charge is 0.492 e. The molecule has 24 heavy (non-hydrogen) atoms. The molecule has 0 saturated heterocycles. The lowest BCUT2D eigenvalue weighted by Crippen LogP contribution is -2.13. The molecule has 0 aliphatic carbocycles. The van der Waals surface area contributed by atoms with Gasteiger partial charge in [0, 0.05) is 5.56 Å². The highest BCUT2D eigenvalue weighted by atomic mass is 35.5. The molecule has 3 nitrogen and oxygen atoms in total. The van der Waals surface area contributed by atoms with Crippen LogP contribution in [0.1, 0.15) is 22.8 Å². The Balaban J connectivity index is 2.25. The van der Waals surface area contributed by atoms with Gasteiger partial charge in [-0.2, -0.15) is 13.2 Å². The first-order valence-electron chi connectivity index (χ1n) is 6.83. The molecule has 0 spiro atoms. The molecular weight excluding hydrogens is 366 g/mol. The Labute approximate surface area is 146 Å². The minimum absolute atomic E-state index is 0.00613. The lowest BCUT2D eigenvalue weighted by atomic mass is 10.1. The summed E-state index contributed by atoms with van der Waals surface area (Å²) in [6.45, 7) is 2.19. The van der Waals surface area contributed by atoms with E-state index in [1.54, 1.807) is 6.92 Å². The van der Waals surface area contributed by atoms with E-state index >= 15 is 0 Å². The molecular formula is C16H12Cl2F3NO2. The zero-order valence-electron chi connectivity index (χ0n) is 12.4. The number of nitrogens with one attached hydrogen (secondary N) is 1. The summed E-state index contributed by atoms with van der Waals surface area (Å²) >= 11 is 11.8. The molecule has 0 heterocycles. The van der Waals surface area contributed by atoms with Crippen LogP contribution in [0.25, 0.3) is 0 Å². The van der Waals surface area contributed by atoms with Crippen molar-refractivity contribution in [2.24, 2.45) is 0 Å². The molecule has 2 rings (SSSR count). The average Bonchev–Trinajstić information content (AvgIpc) is 2.50. The summed E-state index contributed by atoms with van der Waals surface area (Å²) in [5.74, 6) is -0.228. The second-order valence-electron chi connectivity index (χ2n) is 4.72. The SMILES string of the molecule is CCOc1ccc(C(=O)Nc2cc(C(F)(F)F)ccc2Cl)cc1Cl. The van der Waals surface area contributed by atoms with Crippen LogP contribution in [0.2, 0.25) is 10.0 Å². The first kappa shape index (κ1) is 18.4. The fourth-order valence-electron chi connectivity index (χ4n) is 1.91. The van der Waals surface area contributed by atoms with Crippen molar-refractivity contribution in [1.29, 1.82) is 0 Å². The summed E-state index contributed by atoms with van der Waals surface area (Å²) < 4.78 is 43.5. The quantitative estimate of drug-likeness (QED) is 0.745. The van der Waals surface area contributed by atoms with E-state index in [1.807, 2.05) is 0 Å². The van der Waals surface area contributed by atoms with Crippen molar-refractivity contribution >= 4 is 34.8 Å². The number of hydrogen-bond donors (Lipinski definition) is 1. The van der Waals surface area contributed by atoms with Gasteiger partial charge in [-0.15, -0.1) is 0 Å². The predicted octanol–water partition coefficient (Wildman–Crippen LogP) is 5.66. The number of ether oxygens (including phenoxy) is 1. The van der Waals surface area contributed by atoms with E-state index in [4.69, 9.17) is 27.9 Å². The van der Waals surface area contributed by atoms with Crippen LogP contribution in [0.15, 0.2) is 36.4 Å². The summed E-state index contributed by atoms with van der Waals surface area (Å²) in [5, 5.41) is 2.56. The highest BCUT2D eigenvalue weighted by Crippen LogP contribution is 2.34. The number of carbonyl (C=O) groups is 1.